The van der Waals surface area contributed by atoms with Gasteiger partial charge in [-0.05, 0) is 52.7 Å². The average Bonchev–Trinajstić information content (AvgIpc) is 3.35. The molecule has 0 saturated heterocycles. The van der Waals surface area contributed by atoms with Crippen LogP contribution >= 0.6 is 0 Å². The molecule has 0 atom stereocenters. The molecule has 0 radical (unpaired) electrons. The van der Waals surface area contributed by atoms with Gasteiger partial charge in [0.15, 0.2) is 5.69 Å². The molecule has 1 aromatic heterocycles. The minimum atomic E-state index is -0.393. The number of para-hydroxylation sites is 1. The monoisotopic (exact) mass is 446 g/mol. The molecule has 1 amide bonds. The zero-order chi connectivity index (χ0) is 23.3. The van der Waals surface area contributed by atoms with E-state index in [1.165, 1.54) is 0 Å². The van der Waals surface area contributed by atoms with Crippen molar-refractivity contribution < 1.29 is 9.53 Å². The van der Waals surface area contributed by atoms with Crippen LogP contribution in [0, 0.1) is 0 Å². The van der Waals surface area contributed by atoms with Gasteiger partial charge >= 0.3 is 0 Å². The van der Waals surface area contributed by atoms with Crippen molar-refractivity contribution in [3.8, 4) is 22.7 Å². The number of carbonyl (C=O) groups is 1. The second-order valence-electron chi connectivity index (χ2n) is 7.70. The number of hydrazone groups is 1. The number of ether oxygens (including phenoxy) is 1. The molecular weight excluding hydrogens is 424 g/mol. The fourth-order valence-corrected chi connectivity index (χ4v) is 3.76. The maximum absolute atomic E-state index is 12.9. The smallest absolute Gasteiger partial charge is 0.291 e. The number of nitrogens with one attached hydrogen (secondary N) is 1. The zero-order valence-electron chi connectivity index (χ0n) is 18.6. The first-order valence-corrected chi connectivity index (χ1v) is 10.8. The molecule has 0 saturated carbocycles. The van der Waals surface area contributed by atoms with E-state index in [1.807, 2.05) is 72.8 Å². The lowest BCUT2D eigenvalue weighted by Gasteiger charge is -2.08. The Morgan fingerprint density at radius 3 is 2.50 bits per heavy atom. The van der Waals surface area contributed by atoms with Gasteiger partial charge in [-0.25, -0.2) is 10.1 Å². The number of rotatable bonds is 6. The number of hydrogen-bond donors (Lipinski definition) is 1. The topological polar surface area (TPSA) is 68.5 Å². The molecule has 0 fully saturated rings. The predicted octanol–water partition coefficient (Wildman–Crippen LogP) is 5.47. The van der Waals surface area contributed by atoms with E-state index in [0.29, 0.717) is 0 Å². The molecule has 0 bridgehead atoms. The van der Waals surface area contributed by atoms with E-state index in [1.54, 1.807) is 24.1 Å². The second kappa shape index (κ2) is 9.42. The molecule has 0 unspecified atom stereocenters. The summed E-state index contributed by atoms with van der Waals surface area (Å²) >= 11 is 0. The second-order valence-corrected chi connectivity index (χ2v) is 7.70. The van der Waals surface area contributed by atoms with Crippen LogP contribution in [0.4, 0.5) is 0 Å². The van der Waals surface area contributed by atoms with Crippen LogP contribution in [-0.4, -0.2) is 29.0 Å². The lowest BCUT2D eigenvalue weighted by atomic mass is 10.0. The van der Waals surface area contributed by atoms with Crippen LogP contribution < -0.4 is 10.2 Å². The Kier molecular flexibility index (Phi) is 5.86. The largest absolute Gasteiger partial charge is 0.497 e. The Balaban J connectivity index is 1.47. The SMILES string of the molecule is COc1cccc(/C=N\NC(=O)c2cc(-c3ccc4ccccc4c3)n(-c3ccccc3)n2)c1. The van der Waals surface area contributed by atoms with Crippen LogP contribution in [0.1, 0.15) is 16.1 Å². The van der Waals surface area contributed by atoms with Crippen molar-refractivity contribution in [2.75, 3.05) is 7.11 Å². The van der Waals surface area contributed by atoms with E-state index in [2.05, 4.69) is 39.9 Å². The van der Waals surface area contributed by atoms with Crippen LogP contribution in [0.25, 0.3) is 27.7 Å². The summed E-state index contributed by atoms with van der Waals surface area (Å²) in [4.78, 5) is 12.9. The van der Waals surface area contributed by atoms with Crippen LogP contribution in [-0.2, 0) is 0 Å². The van der Waals surface area contributed by atoms with Gasteiger partial charge in [0, 0.05) is 5.56 Å². The zero-order valence-corrected chi connectivity index (χ0v) is 18.6. The fraction of sp³-hybridized carbons (Fsp3) is 0.0357. The molecule has 1 heterocycles. The Bertz CT molecular complexity index is 1490. The summed E-state index contributed by atoms with van der Waals surface area (Å²) in [6.45, 7) is 0. The van der Waals surface area contributed by atoms with Crippen molar-refractivity contribution in [2.24, 2.45) is 5.10 Å². The first-order chi connectivity index (χ1) is 16.7. The van der Waals surface area contributed by atoms with Crippen LogP contribution in [0.15, 0.2) is 108 Å². The summed E-state index contributed by atoms with van der Waals surface area (Å²) in [5.74, 6) is 0.327. The fourth-order valence-electron chi connectivity index (χ4n) is 3.76. The predicted molar refractivity (Wildman–Crippen MR) is 135 cm³/mol. The Morgan fingerprint density at radius 2 is 1.68 bits per heavy atom. The number of benzene rings is 4. The van der Waals surface area contributed by atoms with Gasteiger partial charge in [0.25, 0.3) is 5.91 Å². The van der Waals surface area contributed by atoms with Gasteiger partial charge in [-0.15, -0.1) is 0 Å². The summed E-state index contributed by atoms with van der Waals surface area (Å²) in [6, 6.07) is 33.4. The molecular formula is C28H22N4O2. The van der Waals surface area contributed by atoms with Crippen LogP contribution in [0.2, 0.25) is 0 Å². The first kappa shape index (κ1) is 21.2. The summed E-state index contributed by atoms with van der Waals surface area (Å²) < 4.78 is 7.00. The number of aromatic nitrogens is 2. The lowest BCUT2D eigenvalue weighted by molar-refractivity contribution is 0.0949. The third-order valence-corrected chi connectivity index (χ3v) is 5.46. The molecule has 5 aromatic rings. The molecule has 6 heteroatoms. The van der Waals surface area contributed by atoms with Crippen LogP contribution in [0.3, 0.4) is 0 Å². The molecule has 4 aromatic carbocycles. The van der Waals surface area contributed by atoms with Gasteiger partial charge in [-0.2, -0.15) is 10.2 Å². The average molecular weight is 447 g/mol. The number of fused-ring (bicyclic) bond motifs is 1. The Labute approximate surface area is 197 Å². The minimum absolute atomic E-state index is 0.273. The van der Waals surface area contributed by atoms with Gasteiger partial charge in [-0.1, -0.05) is 66.7 Å². The van der Waals surface area contributed by atoms with Gasteiger partial charge in [-0.3, -0.25) is 4.79 Å². The third-order valence-electron chi connectivity index (χ3n) is 5.46. The molecule has 34 heavy (non-hydrogen) atoms. The lowest BCUT2D eigenvalue weighted by Crippen LogP contribution is -2.18. The molecule has 166 valence electrons. The van der Waals surface area contributed by atoms with E-state index in [0.717, 1.165) is 39.0 Å². The van der Waals surface area contributed by atoms with Crippen molar-refractivity contribution in [1.29, 1.82) is 0 Å². The highest BCUT2D eigenvalue weighted by Gasteiger charge is 2.17. The first-order valence-electron chi connectivity index (χ1n) is 10.8. The maximum Gasteiger partial charge on any atom is 0.291 e. The highest BCUT2D eigenvalue weighted by atomic mass is 16.5. The number of methoxy groups -OCH3 is 1. The van der Waals surface area contributed by atoms with Crippen molar-refractivity contribution in [2.45, 2.75) is 0 Å². The third kappa shape index (κ3) is 4.42. The maximum atomic E-state index is 12.9. The molecule has 0 aliphatic carbocycles. The summed E-state index contributed by atoms with van der Waals surface area (Å²) in [5, 5.41) is 11.0. The number of hydrogen-bond acceptors (Lipinski definition) is 4. The quantitative estimate of drug-likeness (QED) is 0.278. The number of amides is 1. The summed E-state index contributed by atoms with van der Waals surface area (Å²) in [7, 11) is 1.61. The highest BCUT2D eigenvalue weighted by Crippen LogP contribution is 2.27. The Morgan fingerprint density at radius 1 is 0.882 bits per heavy atom. The van der Waals surface area contributed by atoms with Gasteiger partial charge in [0.2, 0.25) is 0 Å². The summed E-state index contributed by atoms with van der Waals surface area (Å²) in [5.41, 5.74) is 6.31. The van der Waals surface area contributed by atoms with Gasteiger partial charge in [0.05, 0.1) is 24.7 Å². The van der Waals surface area contributed by atoms with Crippen molar-refractivity contribution in [3.63, 3.8) is 0 Å². The van der Waals surface area contributed by atoms with E-state index >= 15 is 0 Å². The molecule has 6 nitrogen and oxygen atoms in total. The van der Waals surface area contributed by atoms with Crippen molar-refractivity contribution >= 4 is 22.9 Å². The van der Waals surface area contributed by atoms with E-state index in [-0.39, 0.29) is 5.69 Å². The van der Waals surface area contributed by atoms with Crippen molar-refractivity contribution in [3.05, 3.63) is 114 Å². The molecule has 0 aliphatic heterocycles. The number of carbonyl (C=O) groups excluding carboxylic acids is 1. The molecule has 0 spiro atoms. The standard InChI is InChI=1S/C28H22N4O2/c1-34-25-13-7-8-20(16-25)19-29-30-28(33)26-18-27(32(31-26)24-11-3-2-4-12-24)23-15-14-21-9-5-6-10-22(21)17-23/h2-19H,1H3,(H,30,33)/b29-19-. The number of nitrogens with zero attached hydrogens (tertiary/aromatic N) is 3. The van der Waals surface area contributed by atoms with E-state index in [4.69, 9.17) is 4.74 Å². The summed E-state index contributed by atoms with van der Waals surface area (Å²) in [6.07, 6.45) is 1.57. The molecule has 1 N–H and O–H groups in total. The van der Waals surface area contributed by atoms with E-state index < -0.39 is 5.91 Å². The highest BCUT2D eigenvalue weighted by molar-refractivity contribution is 5.95. The normalized spacial score (nSPS) is 11.1. The minimum Gasteiger partial charge on any atom is -0.497 e. The van der Waals surface area contributed by atoms with Crippen molar-refractivity contribution in [1.82, 2.24) is 15.2 Å². The van der Waals surface area contributed by atoms with Crippen LogP contribution in [0.5, 0.6) is 5.75 Å². The van der Waals surface area contributed by atoms with Gasteiger partial charge < -0.3 is 4.74 Å². The van der Waals surface area contributed by atoms with Gasteiger partial charge in [0.1, 0.15) is 5.75 Å². The molecule has 5 rings (SSSR count). The Hall–Kier alpha value is -4.71. The van der Waals surface area contributed by atoms with E-state index in [9.17, 15) is 4.79 Å². The molecule has 0 aliphatic rings.